The normalized spacial score (nSPS) is 14.9. The maximum absolute atomic E-state index is 11.5. The average Bonchev–Trinajstić information content (AvgIpc) is 2.84. The van der Waals surface area contributed by atoms with Crippen LogP contribution in [-0.2, 0) is 0 Å². The fourth-order valence-electron chi connectivity index (χ4n) is 2.88. The Kier molecular flexibility index (Phi) is 5.14. The number of nitro groups is 1. The highest BCUT2D eigenvalue weighted by atomic mass is 79.9. The molecule has 0 saturated heterocycles. The molecule has 2 heterocycles. The van der Waals surface area contributed by atoms with Gasteiger partial charge in [-0.3, -0.25) is 10.1 Å². The third kappa shape index (κ3) is 3.52. The molecule has 1 aliphatic heterocycles. The van der Waals surface area contributed by atoms with Crippen LogP contribution in [0.1, 0.15) is 18.7 Å². The number of anilines is 1. The van der Waals surface area contributed by atoms with Crippen LogP contribution in [0, 0.1) is 10.1 Å². The highest BCUT2D eigenvalue weighted by molar-refractivity contribution is 9.10. The van der Waals surface area contributed by atoms with Crippen LogP contribution in [0.15, 0.2) is 52.1 Å². The number of halogens is 1. The number of fused-ring (bicyclic) bond motifs is 3. The summed E-state index contributed by atoms with van der Waals surface area (Å²) in [6, 6.07) is 12.1. The van der Waals surface area contributed by atoms with Gasteiger partial charge in [-0.2, -0.15) is 4.98 Å². The minimum atomic E-state index is -0.807. The number of ether oxygens (including phenoxy) is 1. The number of nitrogens with zero attached hydrogens (tertiary/aromatic N) is 4. The van der Waals surface area contributed by atoms with Gasteiger partial charge in [-0.05, 0) is 30.0 Å². The number of nitro benzene ring substituents is 1. The molecule has 0 spiro atoms. The molecule has 1 atom stereocenters. The molecule has 0 unspecified atom stereocenters. The van der Waals surface area contributed by atoms with Gasteiger partial charge in [-0.15, -0.1) is 10.2 Å². The van der Waals surface area contributed by atoms with Crippen LogP contribution in [0.25, 0.3) is 11.3 Å². The Labute approximate surface area is 173 Å². The van der Waals surface area contributed by atoms with E-state index < -0.39 is 11.2 Å². The quantitative estimate of drug-likeness (QED) is 0.336. The van der Waals surface area contributed by atoms with Gasteiger partial charge in [0.2, 0.25) is 17.3 Å². The minimum Gasteiger partial charge on any atom is -0.447 e. The summed E-state index contributed by atoms with van der Waals surface area (Å²) >= 11 is 4.91. The first-order valence-electron chi connectivity index (χ1n) is 8.40. The van der Waals surface area contributed by atoms with Crippen LogP contribution in [0.5, 0.6) is 5.88 Å². The van der Waals surface area contributed by atoms with Gasteiger partial charge in [0, 0.05) is 21.8 Å². The van der Waals surface area contributed by atoms with Gasteiger partial charge < -0.3 is 10.1 Å². The minimum absolute atomic E-state index is 0.0349. The Morgan fingerprint density at radius 2 is 2.11 bits per heavy atom. The predicted octanol–water partition coefficient (Wildman–Crippen LogP) is 4.82. The van der Waals surface area contributed by atoms with Crippen LogP contribution in [0.2, 0.25) is 0 Å². The molecule has 0 bridgehead atoms. The Bertz CT molecular complexity index is 1070. The van der Waals surface area contributed by atoms with Crippen molar-refractivity contribution in [2.75, 3.05) is 11.1 Å². The van der Waals surface area contributed by atoms with Gasteiger partial charge in [0.05, 0.1) is 10.5 Å². The lowest BCUT2D eigenvalue weighted by Gasteiger charge is -2.19. The molecule has 0 radical (unpaired) electrons. The summed E-state index contributed by atoms with van der Waals surface area (Å²) in [6.45, 7) is 1.99. The van der Waals surface area contributed by atoms with E-state index >= 15 is 0 Å². The number of aromatic nitrogens is 3. The first-order valence-corrected chi connectivity index (χ1v) is 10.2. The zero-order chi connectivity index (χ0) is 19.7. The summed E-state index contributed by atoms with van der Waals surface area (Å²) in [7, 11) is 0. The topological polar surface area (TPSA) is 103 Å². The number of para-hydroxylation sites is 1. The highest BCUT2D eigenvalue weighted by Gasteiger charge is 2.30. The number of nitrogens with one attached hydrogen (secondary N) is 1. The van der Waals surface area contributed by atoms with Crippen LogP contribution >= 0.6 is 27.7 Å². The molecule has 2 aromatic carbocycles. The second kappa shape index (κ2) is 7.72. The standard InChI is InChI=1S/C18H14BrN5O3S/c1-2-28-18-21-17-15(22-23-18)12-9-10(19)7-8-13(12)20-16(27-17)11-5-3-4-6-14(11)24(25)26/h3-9,16,20H,2H2,1H3/t16-/m1/s1. The molecule has 8 nitrogen and oxygen atoms in total. The van der Waals surface area contributed by atoms with Crippen molar-refractivity contribution in [3.8, 4) is 17.1 Å². The van der Waals surface area contributed by atoms with Gasteiger partial charge in [-0.1, -0.05) is 46.7 Å². The molecule has 0 amide bonds. The van der Waals surface area contributed by atoms with Crippen molar-refractivity contribution in [1.29, 1.82) is 0 Å². The van der Waals surface area contributed by atoms with Crippen LogP contribution in [0.3, 0.4) is 0 Å². The average molecular weight is 460 g/mol. The van der Waals surface area contributed by atoms with E-state index in [1.165, 1.54) is 17.8 Å². The smallest absolute Gasteiger partial charge is 0.278 e. The van der Waals surface area contributed by atoms with E-state index in [1.54, 1.807) is 18.2 Å². The largest absolute Gasteiger partial charge is 0.447 e. The van der Waals surface area contributed by atoms with Crippen molar-refractivity contribution in [3.63, 3.8) is 0 Å². The van der Waals surface area contributed by atoms with E-state index in [0.29, 0.717) is 16.4 Å². The van der Waals surface area contributed by atoms with E-state index in [4.69, 9.17) is 4.74 Å². The lowest BCUT2D eigenvalue weighted by molar-refractivity contribution is -0.386. The second-order valence-corrected chi connectivity index (χ2v) is 7.98. The number of benzene rings is 2. The Morgan fingerprint density at radius 1 is 1.29 bits per heavy atom. The molecule has 0 fully saturated rings. The van der Waals surface area contributed by atoms with Gasteiger partial charge in [0.25, 0.3) is 5.69 Å². The second-order valence-electron chi connectivity index (χ2n) is 5.83. The fraction of sp³-hybridized carbons (Fsp3) is 0.167. The molecule has 142 valence electrons. The molecule has 10 heteroatoms. The molecular formula is C18H14BrN5O3S. The third-order valence-corrected chi connectivity index (χ3v) is 5.29. The molecule has 1 aliphatic rings. The number of hydrogen-bond donors (Lipinski definition) is 1. The van der Waals surface area contributed by atoms with Crippen molar-refractivity contribution in [2.45, 2.75) is 18.3 Å². The van der Waals surface area contributed by atoms with Gasteiger partial charge in [0.1, 0.15) is 0 Å². The van der Waals surface area contributed by atoms with Crippen molar-refractivity contribution in [1.82, 2.24) is 15.2 Å². The molecule has 1 N–H and O–H groups in total. The van der Waals surface area contributed by atoms with E-state index in [2.05, 4.69) is 36.4 Å². The summed E-state index contributed by atoms with van der Waals surface area (Å²) in [5, 5.41) is 23.7. The molecular weight excluding hydrogens is 446 g/mol. The predicted molar refractivity (Wildman–Crippen MR) is 109 cm³/mol. The lowest BCUT2D eigenvalue weighted by Crippen LogP contribution is -2.18. The van der Waals surface area contributed by atoms with Gasteiger partial charge >= 0.3 is 0 Å². The zero-order valence-corrected chi connectivity index (χ0v) is 17.0. The van der Waals surface area contributed by atoms with Crippen LogP contribution in [-0.4, -0.2) is 25.9 Å². The van der Waals surface area contributed by atoms with Gasteiger partial charge in [-0.25, -0.2) is 0 Å². The van der Waals surface area contributed by atoms with Crippen molar-refractivity contribution >= 4 is 39.1 Å². The molecule has 28 heavy (non-hydrogen) atoms. The van der Waals surface area contributed by atoms with Gasteiger partial charge in [0.15, 0.2) is 5.69 Å². The first kappa shape index (κ1) is 18.6. The summed E-state index contributed by atoms with van der Waals surface area (Å²) in [4.78, 5) is 15.6. The first-order chi connectivity index (χ1) is 13.6. The van der Waals surface area contributed by atoms with E-state index in [0.717, 1.165) is 21.5 Å². The highest BCUT2D eigenvalue weighted by Crippen LogP contribution is 2.42. The maximum atomic E-state index is 11.5. The third-order valence-electron chi connectivity index (χ3n) is 4.08. The SMILES string of the molecule is CCSc1nnc2c(n1)O[C@H](c1ccccc1[N+](=O)[O-])Nc1ccc(Br)cc1-2. The Hall–Kier alpha value is -2.72. The molecule has 4 rings (SSSR count). The van der Waals surface area contributed by atoms with Crippen molar-refractivity contribution in [2.24, 2.45) is 0 Å². The summed E-state index contributed by atoms with van der Waals surface area (Å²) in [5.74, 6) is 1.06. The van der Waals surface area contributed by atoms with E-state index in [1.807, 2.05) is 25.1 Å². The molecule has 3 aromatic rings. The monoisotopic (exact) mass is 459 g/mol. The molecule has 1 aromatic heterocycles. The number of hydrogen-bond acceptors (Lipinski definition) is 8. The maximum Gasteiger partial charge on any atom is 0.278 e. The summed E-state index contributed by atoms with van der Waals surface area (Å²) < 4.78 is 6.94. The van der Waals surface area contributed by atoms with Crippen molar-refractivity contribution in [3.05, 3.63) is 62.6 Å². The summed E-state index contributed by atoms with van der Waals surface area (Å²) in [5.41, 5.74) is 2.31. The zero-order valence-electron chi connectivity index (χ0n) is 14.6. The number of rotatable bonds is 4. The number of thioether (sulfide) groups is 1. The Balaban J connectivity index is 1.88. The Morgan fingerprint density at radius 3 is 2.89 bits per heavy atom. The molecule has 0 aliphatic carbocycles. The fourth-order valence-corrected chi connectivity index (χ4v) is 3.74. The summed E-state index contributed by atoms with van der Waals surface area (Å²) in [6.07, 6.45) is -0.807. The molecule has 0 saturated carbocycles. The van der Waals surface area contributed by atoms with Crippen LogP contribution < -0.4 is 10.1 Å². The van der Waals surface area contributed by atoms with Crippen molar-refractivity contribution < 1.29 is 9.66 Å². The van der Waals surface area contributed by atoms with E-state index in [9.17, 15) is 10.1 Å². The van der Waals surface area contributed by atoms with E-state index in [-0.39, 0.29) is 11.6 Å². The lowest BCUT2D eigenvalue weighted by atomic mass is 10.1. The van der Waals surface area contributed by atoms with Crippen LogP contribution in [0.4, 0.5) is 11.4 Å².